The zero-order chi connectivity index (χ0) is 19.0. The summed E-state index contributed by atoms with van der Waals surface area (Å²) in [5.41, 5.74) is 4.01. The quantitative estimate of drug-likeness (QED) is 0.444. The molecule has 3 heterocycles. The summed E-state index contributed by atoms with van der Waals surface area (Å²) in [5, 5.41) is 13.7. The maximum absolute atomic E-state index is 12.9. The number of hydrogen-bond donors (Lipinski definition) is 1. The maximum atomic E-state index is 12.9. The van der Waals surface area contributed by atoms with Gasteiger partial charge in [0.15, 0.2) is 5.65 Å². The van der Waals surface area contributed by atoms with Crippen molar-refractivity contribution in [3.63, 3.8) is 0 Å². The van der Waals surface area contributed by atoms with Gasteiger partial charge in [0.1, 0.15) is 0 Å². The number of nitro benzene ring substituents is 1. The topological polar surface area (TPSA) is 106 Å². The number of fused-ring (bicyclic) bond motifs is 1. The second-order valence-electron chi connectivity index (χ2n) is 6.17. The first-order chi connectivity index (χ1) is 13.0. The summed E-state index contributed by atoms with van der Waals surface area (Å²) in [5.74, 6) is 0. The smallest absolute Gasteiger partial charge is 0.276 e. The molecule has 0 radical (unpaired) electrons. The lowest BCUT2D eigenvalue weighted by atomic mass is 10.0. The highest BCUT2D eigenvalue weighted by atomic mass is 16.6. The monoisotopic (exact) mass is 361 g/mol. The van der Waals surface area contributed by atoms with Crippen molar-refractivity contribution in [2.24, 2.45) is 0 Å². The van der Waals surface area contributed by atoms with E-state index in [0.717, 1.165) is 16.7 Å². The van der Waals surface area contributed by atoms with Crippen LogP contribution in [0, 0.1) is 17.0 Å². The molecular weight excluding hydrogens is 346 g/mol. The van der Waals surface area contributed by atoms with Gasteiger partial charge in [0, 0.05) is 59.5 Å². The van der Waals surface area contributed by atoms with Gasteiger partial charge in [-0.05, 0) is 18.6 Å². The fourth-order valence-corrected chi connectivity index (χ4v) is 3.03. The molecule has 8 nitrogen and oxygen atoms in total. The lowest BCUT2D eigenvalue weighted by Crippen LogP contribution is -2.22. The van der Waals surface area contributed by atoms with Gasteiger partial charge in [-0.2, -0.15) is 0 Å². The van der Waals surface area contributed by atoms with Gasteiger partial charge in [0.05, 0.1) is 4.92 Å². The molecule has 1 aromatic carbocycles. The number of nitrogens with zero attached hydrogens (tertiary/aromatic N) is 4. The number of nitrogens with one attached hydrogen (secondary N) is 1. The lowest BCUT2D eigenvalue weighted by molar-refractivity contribution is -0.384. The van der Waals surface area contributed by atoms with E-state index >= 15 is 0 Å². The first-order valence-corrected chi connectivity index (χ1v) is 8.28. The van der Waals surface area contributed by atoms with E-state index < -0.39 is 4.92 Å². The van der Waals surface area contributed by atoms with Crippen molar-refractivity contribution in [1.29, 1.82) is 0 Å². The van der Waals surface area contributed by atoms with E-state index in [0.29, 0.717) is 23.3 Å². The van der Waals surface area contributed by atoms with Crippen molar-refractivity contribution < 1.29 is 4.92 Å². The molecule has 134 valence electrons. The zero-order valence-corrected chi connectivity index (χ0v) is 14.4. The number of H-pyrrole nitrogens is 1. The van der Waals surface area contributed by atoms with Crippen LogP contribution in [0.25, 0.3) is 16.8 Å². The van der Waals surface area contributed by atoms with Crippen molar-refractivity contribution >= 4 is 11.3 Å². The van der Waals surface area contributed by atoms with Crippen LogP contribution in [0.3, 0.4) is 0 Å². The van der Waals surface area contributed by atoms with E-state index in [1.54, 1.807) is 37.6 Å². The minimum Gasteiger partial charge on any atom is -0.296 e. The van der Waals surface area contributed by atoms with E-state index in [1.165, 1.54) is 16.6 Å². The molecule has 0 spiro atoms. The van der Waals surface area contributed by atoms with Crippen LogP contribution in [0.2, 0.25) is 0 Å². The average molecular weight is 361 g/mol. The molecule has 8 heteroatoms. The van der Waals surface area contributed by atoms with Crippen molar-refractivity contribution in [3.05, 3.63) is 92.3 Å². The third kappa shape index (κ3) is 2.97. The minimum absolute atomic E-state index is 0.0197. The van der Waals surface area contributed by atoms with Gasteiger partial charge in [-0.1, -0.05) is 18.2 Å². The molecule has 4 aromatic rings. The van der Waals surface area contributed by atoms with E-state index in [1.807, 2.05) is 12.1 Å². The first-order valence-electron chi connectivity index (χ1n) is 8.28. The van der Waals surface area contributed by atoms with E-state index in [4.69, 9.17) is 0 Å². The molecule has 0 unspecified atom stereocenters. The van der Waals surface area contributed by atoms with Crippen molar-refractivity contribution in [2.45, 2.75) is 13.3 Å². The molecule has 0 fully saturated rings. The van der Waals surface area contributed by atoms with E-state index in [9.17, 15) is 14.9 Å². The standard InChI is InChI=1S/C19H15N5O3/c1-12-16(9-13-4-6-15(7-5-13)24(26)27)19(25)23-18(22-12)17(11-21-23)14-3-2-8-20-10-14/h2-8,10-11,21H,9H2,1H3. The highest BCUT2D eigenvalue weighted by Crippen LogP contribution is 2.22. The Kier molecular flexibility index (Phi) is 4.00. The summed E-state index contributed by atoms with van der Waals surface area (Å²) in [7, 11) is 0. The lowest BCUT2D eigenvalue weighted by Gasteiger charge is -2.07. The van der Waals surface area contributed by atoms with Gasteiger partial charge in [-0.15, -0.1) is 0 Å². The van der Waals surface area contributed by atoms with Crippen molar-refractivity contribution in [3.8, 4) is 11.1 Å². The Bertz CT molecular complexity index is 1190. The van der Waals surface area contributed by atoms with Crippen LogP contribution in [0.15, 0.2) is 59.8 Å². The number of hydrogen-bond acceptors (Lipinski definition) is 5. The van der Waals surface area contributed by atoms with Crippen LogP contribution in [0.4, 0.5) is 5.69 Å². The number of aromatic amines is 1. The molecular formula is C19H15N5O3. The molecule has 0 amide bonds. The Morgan fingerprint density at radius 3 is 2.67 bits per heavy atom. The molecule has 3 aromatic heterocycles. The Hall–Kier alpha value is -3.81. The highest BCUT2D eigenvalue weighted by Gasteiger charge is 2.15. The molecule has 0 saturated carbocycles. The van der Waals surface area contributed by atoms with Crippen LogP contribution in [0.1, 0.15) is 16.8 Å². The highest BCUT2D eigenvalue weighted by molar-refractivity contribution is 5.76. The normalized spacial score (nSPS) is 11.0. The molecule has 0 aliphatic carbocycles. The van der Waals surface area contributed by atoms with Crippen LogP contribution >= 0.6 is 0 Å². The Labute approximate surface area is 153 Å². The predicted molar refractivity (Wildman–Crippen MR) is 99.7 cm³/mol. The van der Waals surface area contributed by atoms with Crippen LogP contribution in [-0.4, -0.2) is 24.5 Å². The van der Waals surface area contributed by atoms with Gasteiger partial charge < -0.3 is 0 Å². The number of rotatable bonds is 4. The number of aryl methyl sites for hydroxylation is 1. The number of nitro groups is 1. The third-order valence-corrected chi connectivity index (χ3v) is 4.46. The average Bonchev–Trinajstić information content (AvgIpc) is 3.10. The second-order valence-corrected chi connectivity index (χ2v) is 6.17. The number of aromatic nitrogens is 4. The van der Waals surface area contributed by atoms with Crippen molar-refractivity contribution in [1.82, 2.24) is 19.6 Å². The molecule has 0 saturated heterocycles. The molecule has 0 aliphatic heterocycles. The molecule has 0 aliphatic rings. The summed E-state index contributed by atoms with van der Waals surface area (Å²) in [4.78, 5) is 32.0. The predicted octanol–water partition coefficient (Wildman–Crippen LogP) is 2.89. The summed E-state index contributed by atoms with van der Waals surface area (Å²) in [6.07, 6.45) is 5.48. The van der Waals surface area contributed by atoms with Crippen molar-refractivity contribution in [2.75, 3.05) is 0 Å². The summed E-state index contributed by atoms with van der Waals surface area (Å²) in [6.45, 7) is 1.79. The Balaban J connectivity index is 1.77. The third-order valence-electron chi connectivity index (χ3n) is 4.46. The number of non-ortho nitro benzene ring substituents is 1. The van der Waals surface area contributed by atoms with E-state index in [-0.39, 0.29) is 11.2 Å². The molecule has 4 rings (SSSR count). The number of benzene rings is 1. The summed E-state index contributed by atoms with van der Waals surface area (Å²) < 4.78 is 1.41. The van der Waals surface area contributed by atoms with Crippen LogP contribution < -0.4 is 5.56 Å². The Morgan fingerprint density at radius 2 is 2.00 bits per heavy atom. The summed E-state index contributed by atoms with van der Waals surface area (Å²) >= 11 is 0. The number of pyridine rings is 1. The van der Waals surface area contributed by atoms with E-state index in [2.05, 4.69) is 15.1 Å². The molecule has 1 N–H and O–H groups in total. The minimum atomic E-state index is -0.448. The van der Waals surface area contributed by atoms with Gasteiger partial charge in [0.2, 0.25) is 0 Å². The fourth-order valence-electron chi connectivity index (χ4n) is 3.03. The second kappa shape index (κ2) is 6.49. The molecule has 0 bridgehead atoms. The maximum Gasteiger partial charge on any atom is 0.276 e. The van der Waals surface area contributed by atoms with Crippen LogP contribution in [0.5, 0.6) is 0 Å². The molecule has 27 heavy (non-hydrogen) atoms. The molecule has 0 atom stereocenters. The van der Waals surface area contributed by atoms with Gasteiger partial charge in [0.25, 0.3) is 11.2 Å². The van der Waals surface area contributed by atoms with Crippen LogP contribution in [-0.2, 0) is 6.42 Å². The van der Waals surface area contributed by atoms with Gasteiger partial charge in [-0.3, -0.25) is 25.0 Å². The first kappa shape index (κ1) is 16.6. The summed E-state index contributed by atoms with van der Waals surface area (Å²) in [6, 6.07) is 9.91. The van der Waals surface area contributed by atoms with Gasteiger partial charge >= 0.3 is 0 Å². The fraction of sp³-hybridized carbons (Fsp3) is 0.105. The largest absolute Gasteiger partial charge is 0.296 e. The Morgan fingerprint density at radius 1 is 1.22 bits per heavy atom. The zero-order valence-electron chi connectivity index (χ0n) is 14.4. The SMILES string of the molecule is Cc1nc2c(-c3cccnc3)c[nH]n2c(=O)c1Cc1ccc([N+](=O)[O-])cc1. The van der Waals surface area contributed by atoms with Gasteiger partial charge in [-0.25, -0.2) is 9.50 Å².